The first-order valence-corrected chi connectivity index (χ1v) is 9.08. The summed E-state index contributed by atoms with van der Waals surface area (Å²) >= 11 is 19.5. The fourth-order valence-electron chi connectivity index (χ4n) is 2.11. The number of hydrogen-bond donors (Lipinski definition) is 2. The summed E-state index contributed by atoms with van der Waals surface area (Å²) in [7, 11) is 0. The van der Waals surface area contributed by atoms with Gasteiger partial charge in [0.1, 0.15) is 0 Å². The lowest BCUT2D eigenvalue weighted by Gasteiger charge is -2.10. The molecule has 0 aliphatic carbocycles. The fourth-order valence-corrected chi connectivity index (χ4v) is 3.43. The van der Waals surface area contributed by atoms with Crippen LogP contribution in [0.25, 0.3) is 11.0 Å². The fraction of sp³-hybridized carbons (Fsp3) is 0.125. The maximum absolute atomic E-state index is 12.2. The summed E-state index contributed by atoms with van der Waals surface area (Å²) in [6.45, 7) is 1.85. The van der Waals surface area contributed by atoms with Gasteiger partial charge in [0.25, 0.3) is 0 Å². The van der Waals surface area contributed by atoms with Crippen molar-refractivity contribution in [3.05, 3.63) is 51.0 Å². The first-order chi connectivity index (χ1) is 11.4. The van der Waals surface area contributed by atoms with Crippen molar-refractivity contribution < 1.29 is 4.79 Å². The van der Waals surface area contributed by atoms with Crippen LogP contribution in [0.15, 0.2) is 35.5 Å². The molecule has 3 rings (SSSR count). The summed E-state index contributed by atoms with van der Waals surface area (Å²) in [5.74, 6) is -0.0402. The van der Waals surface area contributed by atoms with Gasteiger partial charge in [-0.1, -0.05) is 52.6 Å². The molecule has 2 aromatic carbocycles. The highest BCUT2D eigenvalue weighted by Gasteiger charge is 2.13. The number of fused-ring (bicyclic) bond motifs is 1. The molecule has 0 unspecified atom stereocenters. The van der Waals surface area contributed by atoms with Crippen LogP contribution in [-0.2, 0) is 4.79 Å². The monoisotopic (exact) mass is 399 g/mol. The van der Waals surface area contributed by atoms with Crippen molar-refractivity contribution in [2.24, 2.45) is 0 Å². The predicted molar refractivity (Wildman–Crippen MR) is 102 cm³/mol. The Morgan fingerprint density at radius 3 is 2.83 bits per heavy atom. The minimum Gasteiger partial charge on any atom is -0.333 e. The number of amides is 1. The topological polar surface area (TPSA) is 57.8 Å². The lowest BCUT2D eigenvalue weighted by molar-refractivity contribution is -0.113. The van der Waals surface area contributed by atoms with Crippen molar-refractivity contribution in [2.45, 2.75) is 12.1 Å². The van der Waals surface area contributed by atoms with E-state index in [0.717, 1.165) is 16.6 Å². The third-order valence-electron chi connectivity index (χ3n) is 3.31. The van der Waals surface area contributed by atoms with Crippen molar-refractivity contribution in [3.63, 3.8) is 0 Å². The van der Waals surface area contributed by atoms with E-state index in [-0.39, 0.29) is 11.7 Å². The first-order valence-electron chi connectivity index (χ1n) is 6.96. The zero-order valence-corrected chi connectivity index (χ0v) is 15.6. The lowest BCUT2D eigenvalue weighted by atomic mass is 10.2. The summed E-state index contributed by atoms with van der Waals surface area (Å²) in [5.41, 5.74) is 2.90. The number of thioether (sulfide) groups is 1. The van der Waals surface area contributed by atoms with Crippen LogP contribution >= 0.6 is 46.6 Å². The summed E-state index contributed by atoms with van der Waals surface area (Å²) < 4.78 is 0. The molecule has 0 aliphatic rings. The largest absolute Gasteiger partial charge is 0.333 e. The van der Waals surface area contributed by atoms with Gasteiger partial charge in [-0.25, -0.2) is 4.98 Å². The van der Waals surface area contributed by atoms with Gasteiger partial charge in [0.15, 0.2) is 5.16 Å². The zero-order valence-electron chi connectivity index (χ0n) is 12.5. The van der Waals surface area contributed by atoms with Crippen molar-refractivity contribution >= 4 is 69.2 Å². The van der Waals surface area contributed by atoms with Crippen LogP contribution in [-0.4, -0.2) is 21.6 Å². The molecule has 0 saturated heterocycles. The molecule has 1 aromatic heterocycles. The number of benzene rings is 2. The molecule has 0 spiro atoms. The van der Waals surface area contributed by atoms with E-state index >= 15 is 0 Å². The molecule has 124 valence electrons. The number of aromatic nitrogens is 2. The third kappa shape index (κ3) is 3.81. The molecule has 1 amide bonds. The van der Waals surface area contributed by atoms with E-state index in [1.807, 2.05) is 13.0 Å². The molecule has 0 aliphatic heterocycles. The van der Waals surface area contributed by atoms with Crippen LogP contribution < -0.4 is 5.32 Å². The van der Waals surface area contributed by atoms with E-state index in [1.165, 1.54) is 11.8 Å². The predicted octanol–water partition coefficient (Wildman–Crippen LogP) is 5.56. The second kappa shape index (κ2) is 7.23. The minimum atomic E-state index is -0.215. The van der Waals surface area contributed by atoms with Crippen LogP contribution in [0.4, 0.5) is 5.69 Å². The van der Waals surface area contributed by atoms with Crippen LogP contribution in [0.2, 0.25) is 15.1 Å². The molecule has 8 heteroatoms. The van der Waals surface area contributed by atoms with Gasteiger partial charge in [-0.05, 0) is 36.8 Å². The highest BCUT2D eigenvalue weighted by molar-refractivity contribution is 7.99. The Hall–Kier alpha value is -1.40. The summed E-state index contributed by atoms with van der Waals surface area (Å²) in [6.07, 6.45) is 0. The molecular formula is C16H12Cl3N3OS. The van der Waals surface area contributed by atoms with Crippen molar-refractivity contribution in [2.75, 3.05) is 11.1 Å². The number of anilines is 1. The van der Waals surface area contributed by atoms with Crippen LogP contribution in [0, 0.1) is 6.92 Å². The van der Waals surface area contributed by atoms with Crippen LogP contribution in [0.3, 0.4) is 0 Å². The molecule has 24 heavy (non-hydrogen) atoms. The Balaban J connectivity index is 1.68. The quantitative estimate of drug-likeness (QED) is 0.563. The third-order valence-corrected chi connectivity index (χ3v) is 5.22. The van der Waals surface area contributed by atoms with Crippen LogP contribution in [0.5, 0.6) is 0 Å². The van der Waals surface area contributed by atoms with Gasteiger partial charge in [-0.15, -0.1) is 0 Å². The van der Waals surface area contributed by atoms with Gasteiger partial charge >= 0.3 is 0 Å². The number of nitrogens with zero attached hydrogens (tertiary/aromatic N) is 1. The number of imidazole rings is 1. The number of aromatic amines is 1. The van der Waals surface area contributed by atoms with Gasteiger partial charge in [0, 0.05) is 5.02 Å². The Morgan fingerprint density at radius 2 is 2.04 bits per heavy atom. The number of aryl methyl sites for hydroxylation is 1. The maximum atomic E-state index is 12.2. The second-order valence-corrected chi connectivity index (χ2v) is 7.28. The number of nitrogens with one attached hydrogen (secondary N) is 2. The molecule has 2 N–H and O–H groups in total. The van der Waals surface area contributed by atoms with E-state index in [0.29, 0.717) is 25.9 Å². The number of H-pyrrole nitrogens is 1. The Bertz CT molecular complexity index is 926. The summed E-state index contributed by atoms with van der Waals surface area (Å²) in [6, 6.07) is 8.89. The SMILES string of the molecule is Cc1ccc(Cl)c(NC(=O)CSc2nc3ccc(Cl)cc3[nH]2)c1Cl. The highest BCUT2D eigenvalue weighted by Crippen LogP contribution is 2.33. The molecule has 1 heterocycles. The molecular weight excluding hydrogens is 389 g/mol. The number of carbonyl (C=O) groups is 1. The van der Waals surface area contributed by atoms with Crippen LogP contribution in [0.1, 0.15) is 5.56 Å². The Morgan fingerprint density at radius 1 is 1.25 bits per heavy atom. The van der Waals surface area contributed by atoms with E-state index in [9.17, 15) is 4.79 Å². The molecule has 0 atom stereocenters. The number of hydrogen-bond acceptors (Lipinski definition) is 3. The van der Waals surface area contributed by atoms with Gasteiger partial charge in [0.05, 0.1) is 32.5 Å². The molecule has 4 nitrogen and oxygen atoms in total. The first kappa shape index (κ1) is 17.4. The van der Waals surface area contributed by atoms with E-state index in [1.54, 1.807) is 24.3 Å². The molecule has 0 bridgehead atoms. The molecule has 0 saturated carbocycles. The van der Waals surface area contributed by atoms with Crippen molar-refractivity contribution in [1.29, 1.82) is 0 Å². The molecule has 0 radical (unpaired) electrons. The van der Waals surface area contributed by atoms with E-state index in [4.69, 9.17) is 34.8 Å². The lowest BCUT2D eigenvalue weighted by Crippen LogP contribution is -2.15. The Labute approximate surface area is 157 Å². The van der Waals surface area contributed by atoms with Gasteiger partial charge in [-0.3, -0.25) is 4.79 Å². The highest BCUT2D eigenvalue weighted by atomic mass is 35.5. The zero-order chi connectivity index (χ0) is 17.3. The average molecular weight is 401 g/mol. The standard InChI is InChI=1S/C16H12Cl3N3OS/c1-8-2-4-10(18)15(14(8)19)22-13(23)7-24-16-20-11-5-3-9(17)6-12(11)21-16/h2-6H,7H2,1H3,(H,20,21)(H,22,23). The smallest absolute Gasteiger partial charge is 0.234 e. The molecule has 0 fully saturated rings. The van der Waals surface area contributed by atoms with Gasteiger partial charge < -0.3 is 10.3 Å². The van der Waals surface area contributed by atoms with Crippen molar-refractivity contribution in [3.8, 4) is 0 Å². The number of carbonyl (C=O) groups excluding carboxylic acids is 1. The molecule has 3 aromatic rings. The van der Waals surface area contributed by atoms with Gasteiger partial charge in [-0.2, -0.15) is 0 Å². The summed E-state index contributed by atoms with van der Waals surface area (Å²) in [4.78, 5) is 19.7. The number of rotatable bonds is 4. The second-order valence-electron chi connectivity index (χ2n) is 5.09. The normalized spacial score (nSPS) is 11.0. The Kier molecular flexibility index (Phi) is 5.25. The average Bonchev–Trinajstić information content (AvgIpc) is 2.95. The van der Waals surface area contributed by atoms with Gasteiger partial charge in [0.2, 0.25) is 5.91 Å². The minimum absolute atomic E-state index is 0.175. The maximum Gasteiger partial charge on any atom is 0.234 e. The van der Waals surface area contributed by atoms with E-state index in [2.05, 4.69) is 15.3 Å². The van der Waals surface area contributed by atoms with E-state index < -0.39 is 0 Å². The number of halogens is 3. The summed E-state index contributed by atoms with van der Waals surface area (Å²) in [5, 5.41) is 4.87. The van der Waals surface area contributed by atoms with Crippen molar-refractivity contribution in [1.82, 2.24) is 9.97 Å².